The second kappa shape index (κ2) is 9.26. The third-order valence-corrected chi connectivity index (χ3v) is 6.70. The standard InChI is InChI=1S/C26H28N4O3/c1-29(13-14-30-11-9-26(18-27,10-12-30)21-5-3-2-4-6-21)17-22-16-23(28-33-22)20-7-8-24-25(15-20)32-19-31-24/h2-8,15-16H,9-14,17,19H2,1H3. The summed E-state index contributed by atoms with van der Waals surface area (Å²) in [6.45, 7) is 4.71. The van der Waals surface area contributed by atoms with E-state index in [1.807, 2.05) is 42.5 Å². The Balaban J connectivity index is 1.12. The molecule has 7 nitrogen and oxygen atoms in total. The van der Waals surface area contributed by atoms with Crippen LogP contribution in [0.4, 0.5) is 0 Å². The quantitative estimate of drug-likeness (QED) is 0.544. The maximum Gasteiger partial charge on any atom is 0.231 e. The Morgan fingerprint density at radius 2 is 1.85 bits per heavy atom. The molecule has 5 rings (SSSR count). The molecule has 1 saturated heterocycles. The van der Waals surface area contributed by atoms with Crippen LogP contribution in [-0.2, 0) is 12.0 Å². The molecule has 0 radical (unpaired) electrons. The van der Waals surface area contributed by atoms with Crippen molar-refractivity contribution in [3.63, 3.8) is 0 Å². The van der Waals surface area contributed by atoms with Crippen LogP contribution in [0.1, 0.15) is 24.2 Å². The monoisotopic (exact) mass is 444 g/mol. The van der Waals surface area contributed by atoms with Gasteiger partial charge in [0.15, 0.2) is 17.3 Å². The van der Waals surface area contributed by atoms with Crippen LogP contribution in [-0.4, -0.2) is 55.0 Å². The van der Waals surface area contributed by atoms with Gasteiger partial charge < -0.3 is 18.9 Å². The first kappa shape index (κ1) is 21.5. The molecule has 2 aliphatic rings. The molecule has 2 aromatic carbocycles. The van der Waals surface area contributed by atoms with E-state index in [0.29, 0.717) is 6.54 Å². The normalized spacial score (nSPS) is 17.2. The Labute approximate surface area is 194 Å². The van der Waals surface area contributed by atoms with Gasteiger partial charge in [-0.25, -0.2) is 0 Å². The van der Waals surface area contributed by atoms with E-state index in [9.17, 15) is 5.26 Å². The summed E-state index contributed by atoms with van der Waals surface area (Å²) in [4.78, 5) is 4.70. The van der Waals surface area contributed by atoms with Gasteiger partial charge in [-0.3, -0.25) is 4.90 Å². The Hall–Kier alpha value is -3.34. The second-order valence-corrected chi connectivity index (χ2v) is 8.89. The van der Waals surface area contributed by atoms with Gasteiger partial charge in [0.05, 0.1) is 18.0 Å². The van der Waals surface area contributed by atoms with Crippen molar-refractivity contribution >= 4 is 0 Å². The number of likely N-dealkylation sites (tertiary alicyclic amines) is 1. The first-order chi connectivity index (χ1) is 16.1. The Morgan fingerprint density at radius 1 is 1.06 bits per heavy atom. The van der Waals surface area contributed by atoms with Gasteiger partial charge in [0, 0.05) is 37.8 Å². The van der Waals surface area contributed by atoms with E-state index in [4.69, 9.17) is 14.0 Å². The van der Waals surface area contributed by atoms with Crippen molar-refractivity contribution in [3.05, 3.63) is 65.9 Å². The highest BCUT2D eigenvalue weighted by molar-refractivity contribution is 5.64. The SMILES string of the molecule is CN(CCN1CCC(C#N)(c2ccccc2)CC1)Cc1cc(-c2ccc3c(c2)OCO3)no1. The van der Waals surface area contributed by atoms with Crippen molar-refractivity contribution in [3.8, 4) is 28.8 Å². The topological polar surface area (TPSA) is 74.8 Å². The van der Waals surface area contributed by atoms with Gasteiger partial charge in [0.2, 0.25) is 6.79 Å². The van der Waals surface area contributed by atoms with E-state index in [0.717, 1.165) is 73.1 Å². The molecule has 0 N–H and O–H groups in total. The summed E-state index contributed by atoms with van der Waals surface area (Å²) in [7, 11) is 2.09. The fourth-order valence-corrected chi connectivity index (χ4v) is 4.62. The van der Waals surface area contributed by atoms with E-state index in [-0.39, 0.29) is 12.2 Å². The van der Waals surface area contributed by atoms with Crippen LogP contribution >= 0.6 is 0 Å². The molecule has 0 amide bonds. The van der Waals surface area contributed by atoms with Crippen molar-refractivity contribution in [2.24, 2.45) is 0 Å². The van der Waals surface area contributed by atoms with Crippen LogP contribution in [0, 0.1) is 11.3 Å². The summed E-state index contributed by atoms with van der Waals surface area (Å²) in [6, 6.07) is 20.6. The van der Waals surface area contributed by atoms with Crippen LogP contribution in [0.5, 0.6) is 11.5 Å². The molecule has 2 aliphatic heterocycles. The third kappa shape index (κ3) is 4.58. The summed E-state index contributed by atoms with van der Waals surface area (Å²) >= 11 is 0. The molecule has 0 aliphatic carbocycles. The molecule has 170 valence electrons. The number of aromatic nitrogens is 1. The van der Waals surface area contributed by atoms with E-state index in [1.54, 1.807) is 0 Å². The summed E-state index contributed by atoms with van der Waals surface area (Å²) in [6.07, 6.45) is 1.75. The minimum atomic E-state index is -0.353. The summed E-state index contributed by atoms with van der Waals surface area (Å²) in [5.41, 5.74) is 2.54. The number of likely N-dealkylation sites (N-methyl/N-ethyl adjacent to an activating group) is 1. The average Bonchev–Trinajstić information content (AvgIpc) is 3.53. The minimum absolute atomic E-state index is 0.258. The molecule has 0 bridgehead atoms. The lowest BCUT2D eigenvalue weighted by atomic mass is 9.74. The second-order valence-electron chi connectivity index (χ2n) is 8.89. The minimum Gasteiger partial charge on any atom is -0.454 e. The van der Waals surface area contributed by atoms with Gasteiger partial charge in [0.25, 0.3) is 0 Å². The van der Waals surface area contributed by atoms with Gasteiger partial charge in [-0.05, 0) is 43.7 Å². The molecule has 0 saturated carbocycles. The summed E-state index contributed by atoms with van der Waals surface area (Å²) in [5, 5.41) is 14.1. The van der Waals surface area contributed by atoms with E-state index < -0.39 is 0 Å². The fraction of sp³-hybridized carbons (Fsp3) is 0.385. The first-order valence-electron chi connectivity index (χ1n) is 11.4. The number of fused-ring (bicyclic) bond motifs is 1. The van der Waals surface area contributed by atoms with Crippen molar-refractivity contribution < 1.29 is 14.0 Å². The zero-order chi connectivity index (χ0) is 22.7. The Bertz CT molecular complexity index is 1130. The lowest BCUT2D eigenvalue weighted by Crippen LogP contribution is -2.44. The van der Waals surface area contributed by atoms with Crippen molar-refractivity contribution in [2.75, 3.05) is 40.0 Å². The number of piperidine rings is 1. The van der Waals surface area contributed by atoms with Gasteiger partial charge in [-0.2, -0.15) is 5.26 Å². The zero-order valence-corrected chi connectivity index (χ0v) is 18.9. The summed E-state index contributed by atoms with van der Waals surface area (Å²) in [5.74, 6) is 2.33. The number of benzene rings is 2. The number of nitriles is 1. The Morgan fingerprint density at radius 3 is 2.64 bits per heavy atom. The molecule has 0 unspecified atom stereocenters. The highest BCUT2D eigenvalue weighted by Crippen LogP contribution is 2.36. The molecule has 1 aromatic heterocycles. The van der Waals surface area contributed by atoms with Gasteiger partial charge in [-0.1, -0.05) is 35.5 Å². The number of ether oxygens (including phenoxy) is 2. The molecular weight excluding hydrogens is 416 g/mol. The molecule has 33 heavy (non-hydrogen) atoms. The summed E-state index contributed by atoms with van der Waals surface area (Å²) < 4.78 is 16.4. The lowest BCUT2D eigenvalue weighted by Gasteiger charge is -2.38. The van der Waals surface area contributed by atoms with Crippen molar-refractivity contribution in [2.45, 2.75) is 24.8 Å². The van der Waals surface area contributed by atoms with Gasteiger partial charge >= 0.3 is 0 Å². The number of rotatable bonds is 7. The maximum absolute atomic E-state index is 9.89. The number of hydrogen-bond donors (Lipinski definition) is 0. The largest absolute Gasteiger partial charge is 0.454 e. The van der Waals surface area contributed by atoms with Gasteiger partial charge in [-0.15, -0.1) is 0 Å². The van der Waals surface area contributed by atoms with Crippen LogP contribution in [0.15, 0.2) is 59.1 Å². The Kier molecular flexibility index (Phi) is 6.03. The van der Waals surface area contributed by atoms with Crippen molar-refractivity contribution in [1.82, 2.24) is 15.0 Å². The van der Waals surface area contributed by atoms with E-state index >= 15 is 0 Å². The number of nitrogens with zero attached hydrogens (tertiary/aromatic N) is 4. The molecule has 0 atom stereocenters. The zero-order valence-electron chi connectivity index (χ0n) is 18.9. The van der Waals surface area contributed by atoms with Crippen LogP contribution in [0.3, 0.4) is 0 Å². The molecule has 7 heteroatoms. The highest BCUT2D eigenvalue weighted by atomic mass is 16.7. The molecular formula is C26H28N4O3. The fourth-order valence-electron chi connectivity index (χ4n) is 4.62. The van der Waals surface area contributed by atoms with Crippen LogP contribution < -0.4 is 9.47 Å². The number of hydrogen-bond acceptors (Lipinski definition) is 7. The first-order valence-corrected chi connectivity index (χ1v) is 11.4. The molecule has 1 fully saturated rings. The molecule has 0 spiro atoms. The van der Waals surface area contributed by atoms with Crippen molar-refractivity contribution in [1.29, 1.82) is 5.26 Å². The average molecular weight is 445 g/mol. The van der Waals surface area contributed by atoms with Gasteiger partial charge in [0.1, 0.15) is 5.69 Å². The smallest absolute Gasteiger partial charge is 0.231 e. The highest BCUT2D eigenvalue weighted by Gasteiger charge is 2.36. The predicted molar refractivity (Wildman–Crippen MR) is 124 cm³/mol. The van der Waals surface area contributed by atoms with Crippen LogP contribution in [0.25, 0.3) is 11.3 Å². The predicted octanol–water partition coefficient (Wildman–Crippen LogP) is 4.06. The molecule has 3 heterocycles. The van der Waals surface area contributed by atoms with E-state index in [2.05, 4.69) is 40.2 Å². The van der Waals surface area contributed by atoms with E-state index in [1.165, 1.54) is 0 Å². The van der Waals surface area contributed by atoms with Crippen LogP contribution in [0.2, 0.25) is 0 Å². The maximum atomic E-state index is 9.89. The lowest BCUT2D eigenvalue weighted by molar-refractivity contribution is 0.160. The molecule has 3 aromatic rings. The third-order valence-electron chi connectivity index (χ3n) is 6.70.